The molecular formula is C11H17N3O3. The quantitative estimate of drug-likeness (QED) is 0.783. The number of carbonyl (C=O) groups is 1. The lowest BCUT2D eigenvalue weighted by atomic mass is 9.93. The fourth-order valence-corrected chi connectivity index (χ4v) is 1.53. The van der Waals surface area contributed by atoms with Crippen LogP contribution >= 0.6 is 0 Å². The van der Waals surface area contributed by atoms with Crippen molar-refractivity contribution in [3.63, 3.8) is 0 Å². The van der Waals surface area contributed by atoms with Crippen LogP contribution in [0.1, 0.15) is 26.7 Å². The Morgan fingerprint density at radius 2 is 2.12 bits per heavy atom. The van der Waals surface area contributed by atoms with Gasteiger partial charge in [0.2, 0.25) is 5.88 Å². The SMILES string of the molecule is CCC(CC)(Nc1cncc(OC)n1)C(=O)O. The molecule has 0 amide bonds. The number of carboxylic acid groups (broad SMARTS) is 1. The summed E-state index contributed by atoms with van der Waals surface area (Å²) in [5, 5.41) is 12.2. The average molecular weight is 239 g/mol. The number of ether oxygens (including phenoxy) is 1. The first-order chi connectivity index (χ1) is 8.07. The summed E-state index contributed by atoms with van der Waals surface area (Å²) in [5.74, 6) is -0.149. The van der Waals surface area contributed by atoms with E-state index in [-0.39, 0.29) is 0 Å². The second-order valence-corrected chi connectivity index (χ2v) is 3.67. The summed E-state index contributed by atoms with van der Waals surface area (Å²) in [6.45, 7) is 3.64. The van der Waals surface area contributed by atoms with Gasteiger partial charge in [0.1, 0.15) is 11.4 Å². The van der Waals surface area contributed by atoms with Crippen molar-refractivity contribution in [2.45, 2.75) is 32.2 Å². The van der Waals surface area contributed by atoms with Crippen molar-refractivity contribution in [2.75, 3.05) is 12.4 Å². The number of hydrogen-bond acceptors (Lipinski definition) is 5. The minimum Gasteiger partial charge on any atom is -0.480 e. The highest BCUT2D eigenvalue weighted by Gasteiger charge is 2.35. The molecule has 0 saturated heterocycles. The van der Waals surface area contributed by atoms with E-state index in [1.165, 1.54) is 19.5 Å². The van der Waals surface area contributed by atoms with Gasteiger partial charge in [0.25, 0.3) is 0 Å². The molecule has 0 saturated carbocycles. The molecule has 6 heteroatoms. The molecule has 0 aromatic carbocycles. The first-order valence-electron chi connectivity index (χ1n) is 5.45. The summed E-state index contributed by atoms with van der Waals surface area (Å²) in [4.78, 5) is 19.3. The molecule has 1 rings (SSSR count). The molecular weight excluding hydrogens is 222 g/mol. The first kappa shape index (κ1) is 13.2. The zero-order valence-electron chi connectivity index (χ0n) is 10.2. The maximum atomic E-state index is 11.3. The van der Waals surface area contributed by atoms with Gasteiger partial charge < -0.3 is 15.2 Å². The molecule has 1 aromatic heterocycles. The Kier molecular flexibility index (Phi) is 4.25. The van der Waals surface area contributed by atoms with Crippen LogP contribution in [0.5, 0.6) is 5.88 Å². The third-order valence-corrected chi connectivity index (χ3v) is 2.81. The van der Waals surface area contributed by atoms with Crippen LogP contribution in [0.3, 0.4) is 0 Å². The molecule has 1 aromatic rings. The summed E-state index contributed by atoms with van der Waals surface area (Å²) < 4.78 is 4.94. The Bertz CT molecular complexity index is 391. The van der Waals surface area contributed by atoms with Crippen molar-refractivity contribution in [2.24, 2.45) is 0 Å². The van der Waals surface area contributed by atoms with E-state index >= 15 is 0 Å². The van der Waals surface area contributed by atoms with Gasteiger partial charge in [-0.3, -0.25) is 4.98 Å². The summed E-state index contributed by atoms with van der Waals surface area (Å²) in [6, 6.07) is 0. The van der Waals surface area contributed by atoms with Gasteiger partial charge in [-0.1, -0.05) is 13.8 Å². The third-order valence-electron chi connectivity index (χ3n) is 2.81. The highest BCUT2D eigenvalue weighted by Crippen LogP contribution is 2.22. The maximum absolute atomic E-state index is 11.3. The number of aliphatic carboxylic acids is 1. The molecule has 0 radical (unpaired) electrons. The Balaban J connectivity index is 2.97. The standard InChI is InChI=1S/C11H17N3O3/c1-4-11(5-2,10(15)16)14-8-6-12-7-9(13-8)17-3/h6-7H,4-5H2,1-3H3,(H,13,14)(H,15,16). The molecule has 94 valence electrons. The minimum absolute atomic E-state index is 0.349. The summed E-state index contributed by atoms with van der Waals surface area (Å²) in [7, 11) is 1.48. The number of nitrogens with zero attached hydrogens (tertiary/aromatic N) is 2. The van der Waals surface area contributed by atoms with Crippen LogP contribution in [-0.2, 0) is 4.79 Å². The van der Waals surface area contributed by atoms with Crippen molar-refractivity contribution in [3.8, 4) is 5.88 Å². The molecule has 0 aliphatic rings. The fraction of sp³-hybridized carbons (Fsp3) is 0.545. The lowest BCUT2D eigenvalue weighted by Gasteiger charge is -2.28. The number of nitrogens with one attached hydrogen (secondary N) is 1. The van der Waals surface area contributed by atoms with Gasteiger partial charge in [-0.2, -0.15) is 4.98 Å². The maximum Gasteiger partial charge on any atom is 0.329 e. The number of anilines is 1. The van der Waals surface area contributed by atoms with Gasteiger partial charge in [-0.05, 0) is 12.8 Å². The van der Waals surface area contributed by atoms with E-state index in [1.807, 2.05) is 13.8 Å². The van der Waals surface area contributed by atoms with Gasteiger partial charge in [0.15, 0.2) is 0 Å². The smallest absolute Gasteiger partial charge is 0.329 e. The van der Waals surface area contributed by atoms with E-state index in [1.54, 1.807) is 0 Å². The topological polar surface area (TPSA) is 84.3 Å². The zero-order valence-corrected chi connectivity index (χ0v) is 10.2. The predicted octanol–water partition coefficient (Wildman–Crippen LogP) is 1.54. The molecule has 6 nitrogen and oxygen atoms in total. The lowest BCUT2D eigenvalue weighted by molar-refractivity contribution is -0.142. The van der Waals surface area contributed by atoms with Crippen molar-refractivity contribution in [1.29, 1.82) is 0 Å². The summed E-state index contributed by atoms with van der Waals surface area (Å²) >= 11 is 0. The number of carboxylic acids is 1. The van der Waals surface area contributed by atoms with Crippen LogP contribution in [0.15, 0.2) is 12.4 Å². The molecule has 0 fully saturated rings. The van der Waals surface area contributed by atoms with Crippen molar-refractivity contribution >= 4 is 11.8 Å². The number of hydrogen-bond donors (Lipinski definition) is 2. The molecule has 0 atom stereocenters. The second kappa shape index (κ2) is 5.47. The molecule has 0 aliphatic carbocycles. The van der Waals surface area contributed by atoms with Crippen LogP contribution < -0.4 is 10.1 Å². The van der Waals surface area contributed by atoms with E-state index in [0.29, 0.717) is 24.5 Å². The zero-order chi connectivity index (χ0) is 12.9. The monoisotopic (exact) mass is 239 g/mol. The van der Waals surface area contributed by atoms with Crippen LogP contribution in [-0.4, -0.2) is 33.7 Å². The minimum atomic E-state index is -1.01. The van der Waals surface area contributed by atoms with Gasteiger partial charge >= 0.3 is 5.97 Å². The first-order valence-corrected chi connectivity index (χ1v) is 5.45. The van der Waals surface area contributed by atoms with Crippen molar-refractivity contribution < 1.29 is 14.6 Å². The van der Waals surface area contributed by atoms with Gasteiger partial charge in [0, 0.05) is 0 Å². The van der Waals surface area contributed by atoms with Gasteiger partial charge in [-0.15, -0.1) is 0 Å². The largest absolute Gasteiger partial charge is 0.480 e. The molecule has 0 unspecified atom stereocenters. The Morgan fingerprint density at radius 3 is 2.59 bits per heavy atom. The molecule has 0 bridgehead atoms. The number of rotatable bonds is 6. The number of aromatic nitrogens is 2. The predicted molar refractivity (Wildman–Crippen MR) is 63.2 cm³/mol. The van der Waals surface area contributed by atoms with E-state index in [0.717, 1.165) is 0 Å². The fourth-order valence-electron chi connectivity index (χ4n) is 1.53. The van der Waals surface area contributed by atoms with Crippen molar-refractivity contribution in [1.82, 2.24) is 9.97 Å². The van der Waals surface area contributed by atoms with E-state index < -0.39 is 11.5 Å². The van der Waals surface area contributed by atoms with Crippen LogP contribution in [0, 0.1) is 0 Å². The van der Waals surface area contributed by atoms with E-state index in [9.17, 15) is 9.90 Å². The van der Waals surface area contributed by atoms with Gasteiger partial charge in [-0.25, -0.2) is 4.79 Å². The highest BCUT2D eigenvalue weighted by molar-refractivity contribution is 5.82. The highest BCUT2D eigenvalue weighted by atomic mass is 16.5. The Hall–Kier alpha value is -1.85. The lowest BCUT2D eigenvalue weighted by Crippen LogP contribution is -2.45. The van der Waals surface area contributed by atoms with E-state index in [2.05, 4.69) is 15.3 Å². The molecule has 2 N–H and O–H groups in total. The van der Waals surface area contributed by atoms with Crippen LogP contribution in [0.25, 0.3) is 0 Å². The Labute approximate surface area is 100 Å². The van der Waals surface area contributed by atoms with Crippen LogP contribution in [0.4, 0.5) is 5.82 Å². The van der Waals surface area contributed by atoms with Crippen molar-refractivity contribution in [3.05, 3.63) is 12.4 Å². The third kappa shape index (κ3) is 2.83. The van der Waals surface area contributed by atoms with Gasteiger partial charge in [0.05, 0.1) is 19.5 Å². The summed E-state index contributed by atoms with van der Waals surface area (Å²) in [6.07, 6.45) is 3.85. The average Bonchev–Trinajstić information content (AvgIpc) is 2.36. The summed E-state index contributed by atoms with van der Waals surface area (Å²) in [5.41, 5.74) is -1.01. The van der Waals surface area contributed by atoms with Crippen LogP contribution in [0.2, 0.25) is 0 Å². The number of methoxy groups -OCH3 is 1. The Morgan fingerprint density at radius 1 is 1.47 bits per heavy atom. The molecule has 0 spiro atoms. The second-order valence-electron chi connectivity index (χ2n) is 3.67. The normalized spacial score (nSPS) is 11.0. The molecule has 1 heterocycles. The van der Waals surface area contributed by atoms with E-state index in [4.69, 9.17) is 4.74 Å². The molecule has 17 heavy (non-hydrogen) atoms. The molecule has 0 aliphatic heterocycles.